The van der Waals surface area contributed by atoms with Gasteiger partial charge >= 0.3 is 0 Å². The Hall–Kier alpha value is -0.540. The van der Waals surface area contributed by atoms with E-state index in [-0.39, 0.29) is 11.4 Å². The molecule has 1 amide bonds. The van der Waals surface area contributed by atoms with E-state index in [9.17, 15) is 4.79 Å². The van der Waals surface area contributed by atoms with Crippen molar-refractivity contribution in [2.45, 2.75) is 44.1 Å². The summed E-state index contributed by atoms with van der Waals surface area (Å²) in [6, 6.07) is 7.49. The van der Waals surface area contributed by atoms with Gasteiger partial charge in [0.2, 0.25) is 5.91 Å². The van der Waals surface area contributed by atoms with E-state index in [1.165, 1.54) is 19.3 Å². The van der Waals surface area contributed by atoms with Crippen molar-refractivity contribution in [1.82, 2.24) is 5.32 Å². The van der Waals surface area contributed by atoms with Crippen molar-refractivity contribution in [3.05, 3.63) is 34.9 Å². The van der Waals surface area contributed by atoms with E-state index in [2.05, 4.69) is 21.2 Å². The number of carbonyl (C=O) groups excluding carboxylic acids is 1. The van der Waals surface area contributed by atoms with Crippen LogP contribution >= 0.6 is 27.5 Å². The third-order valence-corrected chi connectivity index (χ3v) is 5.03. The first-order chi connectivity index (χ1) is 9.13. The molecule has 4 heteroatoms. The van der Waals surface area contributed by atoms with Crippen molar-refractivity contribution in [3.63, 3.8) is 0 Å². The number of benzene rings is 1. The van der Waals surface area contributed by atoms with E-state index in [4.69, 9.17) is 11.6 Å². The molecule has 1 aliphatic rings. The summed E-state index contributed by atoms with van der Waals surface area (Å²) in [6.07, 6.45) is 6.21. The molecule has 0 unspecified atom stereocenters. The SMILES string of the molecule is O=C(Cc1cccc(Cl)c1)NC1(CBr)CCCCC1. The largest absolute Gasteiger partial charge is 0.350 e. The van der Waals surface area contributed by atoms with Crippen LogP contribution in [-0.4, -0.2) is 16.8 Å². The summed E-state index contributed by atoms with van der Waals surface area (Å²) in [7, 11) is 0. The van der Waals surface area contributed by atoms with Crippen molar-refractivity contribution in [2.75, 3.05) is 5.33 Å². The van der Waals surface area contributed by atoms with Crippen molar-refractivity contribution >= 4 is 33.4 Å². The molecule has 1 aromatic rings. The number of hydrogen-bond acceptors (Lipinski definition) is 1. The van der Waals surface area contributed by atoms with Gasteiger partial charge in [0.1, 0.15) is 0 Å². The standard InChI is InChI=1S/C15H19BrClNO/c16-11-15(7-2-1-3-8-15)18-14(19)10-12-5-4-6-13(17)9-12/h4-6,9H,1-3,7-8,10-11H2,(H,18,19). The van der Waals surface area contributed by atoms with E-state index >= 15 is 0 Å². The number of amides is 1. The lowest BCUT2D eigenvalue weighted by Crippen LogP contribution is -2.51. The second-order valence-electron chi connectivity index (χ2n) is 5.33. The van der Waals surface area contributed by atoms with Gasteiger partial charge in [-0.25, -0.2) is 0 Å². The molecule has 1 saturated carbocycles. The highest BCUT2D eigenvalue weighted by Crippen LogP contribution is 2.29. The first-order valence-electron chi connectivity index (χ1n) is 6.75. The zero-order valence-electron chi connectivity index (χ0n) is 10.9. The highest BCUT2D eigenvalue weighted by Gasteiger charge is 2.32. The van der Waals surface area contributed by atoms with Gasteiger partial charge in [-0.1, -0.05) is 58.9 Å². The summed E-state index contributed by atoms with van der Waals surface area (Å²) >= 11 is 9.49. The van der Waals surface area contributed by atoms with Gasteiger partial charge in [-0.3, -0.25) is 4.79 Å². The number of rotatable bonds is 4. The van der Waals surface area contributed by atoms with Crippen LogP contribution in [-0.2, 0) is 11.2 Å². The van der Waals surface area contributed by atoms with Gasteiger partial charge in [0.15, 0.2) is 0 Å². The average Bonchev–Trinajstić information content (AvgIpc) is 2.39. The van der Waals surface area contributed by atoms with E-state index in [0.717, 1.165) is 23.7 Å². The van der Waals surface area contributed by atoms with Gasteiger partial charge in [-0.05, 0) is 30.5 Å². The topological polar surface area (TPSA) is 29.1 Å². The van der Waals surface area contributed by atoms with Crippen LogP contribution in [0, 0.1) is 0 Å². The molecule has 0 atom stereocenters. The minimum absolute atomic E-state index is 0.0477. The molecule has 104 valence electrons. The molecule has 0 aromatic heterocycles. The second-order valence-corrected chi connectivity index (χ2v) is 6.33. The molecule has 19 heavy (non-hydrogen) atoms. The van der Waals surface area contributed by atoms with E-state index in [0.29, 0.717) is 11.4 Å². The van der Waals surface area contributed by atoms with Gasteiger partial charge in [0.25, 0.3) is 0 Å². The number of halogens is 2. The van der Waals surface area contributed by atoms with Crippen LogP contribution in [0.2, 0.25) is 5.02 Å². The normalized spacial score (nSPS) is 18.0. The first-order valence-corrected chi connectivity index (χ1v) is 8.25. The summed E-state index contributed by atoms with van der Waals surface area (Å²) < 4.78 is 0. The Morgan fingerprint density at radius 3 is 2.68 bits per heavy atom. The Bertz CT molecular complexity index is 444. The summed E-state index contributed by atoms with van der Waals surface area (Å²) in [6.45, 7) is 0. The molecule has 0 saturated heterocycles. The molecule has 0 aliphatic heterocycles. The van der Waals surface area contributed by atoms with Crippen LogP contribution in [0.1, 0.15) is 37.7 Å². The summed E-state index contributed by atoms with van der Waals surface area (Å²) in [4.78, 5) is 12.2. The Morgan fingerprint density at radius 1 is 1.32 bits per heavy atom. The van der Waals surface area contributed by atoms with Crippen LogP contribution in [0.15, 0.2) is 24.3 Å². The maximum absolute atomic E-state index is 12.2. The summed E-state index contributed by atoms with van der Waals surface area (Å²) in [5, 5.41) is 4.73. The summed E-state index contributed by atoms with van der Waals surface area (Å²) in [5.74, 6) is 0.0867. The first kappa shape index (κ1) is 14.9. The highest BCUT2D eigenvalue weighted by molar-refractivity contribution is 9.09. The van der Waals surface area contributed by atoms with Crippen LogP contribution in [0.25, 0.3) is 0 Å². The molecule has 1 N–H and O–H groups in total. The van der Waals surface area contributed by atoms with Crippen LogP contribution in [0.5, 0.6) is 0 Å². The molecule has 1 aromatic carbocycles. The molecule has 0 heterocycles. The third-order valence-electron chi connectivity index (χ3n) is 3.72. The number of nitrogens with one attached hydrogen (secondary N) is 1. The molecule has 2 nitrogen and oxygen atoms in total. The Labute approximate surface area is 128 Å². The van der Waals surface area contributed by atoms with E-state index in [1.807, 2.05) is 24.3 Å². The maximum Gasteiger partial charge on any atom is 0.224 e. The fraction of sp³-hybridized carbons (Fsp3) is 0.533. The fourth-order valence-electron chi connectivity index (χ4n) is 2.69. The van der Waals surface area contributed by atoms with Crippen molar-refractivity contribution in [1.29, 1.82) is 0 Å². The number of hydrogen-bond donors (Lipinski definition) is 1. The predicted octanol–water partition coefficient (Wildman–Crippen LogP) is 4.10. The predicted molar refractivity (Wildman–Crippen MR) is 82.9 cm³/mol. The minimum Gasteiger partial charge on any atom is -0.350 e. The molecule has 0 radical (unpaired) electrons. The molecule has 0 spiro atoms. The van der Waals surface area contributed by atoms with Crippen molar-refractivity contribution in [3.8, 4) is 0 Å². The van der Waals surface area contributed by atoms with Crippen molar-refractivity contribution < 1.29 is 4.79 Å². The van der Waals surface area contributed by atoms with Crippen LogP contribution in [0.3, 0.4) is 0 Å². The second kappa shape index (κ2) is 6.76. The zero-order valence-corrected chi connectivity index (χ0v) is 13.3. The molecular formula is C15H19BrClNO. The fourth-order valence-corrected chi connectivity index (χ4v) is 3.61. The van der Waals surface area contributed by atoms with Gasteiger partial charge in [-0.15, -0.1) is 0 Å². The van der Waals surface area contributed by atoms with E-state index in [1.54, 1.807) is 0 Å². The van der Waals surface area contributed by atoms with Crippen LogP contribution in [0.4, 0.5) is 0 Å². The lowest BCUT2D eigenvalue weighted by molar-refractivity contribution is -0.122. The molecule has 2 rings (SSSR count). The maximum atomic E-state index is 12.2. The van der Waals surface area contributed by atoms with Gasteiger partial charge in [-0.2, -0.15) is 0 Å². The van der Waals surface area contributed by atoms with Gasteiger partial charge in [0.05, 0.1) is 6.42 Å². The van der Waals surface area contributed by atoms with Gasteiger partial charge in [0, 0.05) is 15.9 Å². The monoisotopic (exact) mass is 343 g/mol. The lowest BCUT2D eigenvalue weighted by atomic mass is 9.83. The summed E-state index contributed by atoms with van der Waals surface area (Å²) in [5.41, 5.74) is 0.916. The molecule has 1 aliphatic carbocycles. The average molecular weight is 345 g/mol. The third kappa shape index (κ3) is 4.22. The van der Waals surface area contributed by atoms with E-state index < -0.39 is 0 Å². The highest BCUT2D eigenvalue weighted by atomic mass is 79.9. The Kier molecular flexibility index (Phi) is 5.28. The number of alkyl halides is 1. The van der Waals surface area contributed by atoms with Crippen LogP contribution < -0.4 is 5.32 Å². The molecule has 1 fully saturated rings. The smallest absolute Gasteiger partial charge is 0.224 e. The van der Waals surface area contributed by atoms with Crippen molar-refractivity contribution in [2.24, 2.45) is 0 Å². The Balaban J connectivity index is 1.96. The molecular weight excluding hydrogens is 326 g/mol. The minimum atomic E-state index is -0.0477. The number of carbonyl (C=O) groups is 1. The Morgan fingerprint density at radius 2 is 2.05 bits per heavy atom. The lowest BCUT2D eigenvalue weighted by Gasteiger charge is -2.36. The molecule has 0 bridgehead atoms. The quantitative estimate of drug-likeness (QED) is 0.819. The van der Waals surface area contributed by atoms with Gasteiger partial charge < -0.3 is 5.32 Å². The zero-order chi connectivity index (χ0) is 13.7.